The van der Waals surface area contributed by atoms with Crippen molar-refractivity contribution in [1.29, 1.82) is 0 Å². The van der Waals surface area contributed by atoms with Crippen molar-refractivity contribution in [3.8, 4) is 0 Å². The first-order valence-electron chi connectivity index (χ1n) is 8.26. The average molecular weight is 330 g/mol. The number of imidazole rings is 1. The number of nitrogens with zero attached hydrogens (tertiary/aromatic N) is 5. The van der Waals surface area contributed by atoms with Gasteiger partial charge in [-0.25, -0.2) is 13.9 Å². The van der Waals surface area contributed by atoms with Gasteiger partial charge in [0, 0.05) is 13.6 Å². The van der Waals surface area contributed by atoms with Gasteiger partial charge >= 0.3 is 12.0 Å². The summed E-state index contributed by atoms with van der Waals surface area (Å²) in [5, 5.41) is 0. The van der Waals surface area contributed by atoms with Crippen LogP contribution in [0, 0.1) is 13.8 Å². The van der Waals surface area contributed by atoms with Crippen LogP contribution >= 0.6 is 0 Å². The maximum Gasteiger partial charge on any atom is 0.402 e. The molecule has 0 spiro atoms. The largest absolute Gasteiger partial charge is 0.402 e. The van der Waals surface area contributed by atoms with E-state index in [-0.39, 0.29) is 24.5 Å². The van der Waals surface area contributed by atoms with Gasteiger partial charge in [0.15, 0.2) is 0 Å². The Labute approximate surface area is 141 Å². The first kappa shape index (κ1) is 16.4. The number of rotatable bonds is 4. The molecule has 0 bridgehead atoms. The van der Waals surface area contributed by atoms with Crippen LogP contribution in [0.4, 0.5) is 10.7 Å². The second-order valence-electron chi connectivity index (χ2n) is 6.42. The van der Waals surface area contributed by atoms with E-state index < -0.39 is 6.04 Å². The highest BCUT2D eigenvalue weighted by atomic mass is 16.2. The van der Waals surface area contributed by atoms with Crippen molar-refractivity contribution in [3.05, 3.63) is 24.0 Å². The molecule has 7 heteroatoms. The standard InChI is InChI=1S/C17H24N5O2/c1-7-9-20-15(23)13-14(19(6)17(20)24)18-16-21(10(3)8-2)11(4)12(5)22(13)16/h7,10,13H,1,8-9H2,2-6H3/q+1. The number of carbonyl (C=O) groups is 2. The van der Waals surface area contributed by atoms with E-state index in [0.717, 1.165) is 23.8 Å². The average Bonchev–Trinajstić information content (AvgIpc) is 3.05. The van der Waals surface area contributed by atoms with Crippen LogP contribution in [0.2, 0.25) is 0 Å². The molecule has 1 fully saturated rings. The minimum atomic E-state index is -0.577. The fourth-order valence-corrected chi connectivity index (χ4v) is 3.47. The van der Waals surface area contributed by atoms with Crippen LogP contribution in [0.25, 0.3) is 0 Å². The van der Waals surface area contributed by atoms with Crippen LogP contribution in [-0.2, 0) is 4.79 Å². The monoisotopic (exact) mass is 330 g/mol. The molecule has 0 saturated carbocycles. The maximum absolute atomic E-state index is 12.9. The number of likely N-dealkylation sites (N-methyl/N-ethyl adjacent to an activating group) is 1. The molecule has 2 atom stereocenters. The predicted molar refractivity (Wildman–Crippen MR) is 90.3 cm³/mol. The second-order valence-corrected chi connectivity index (χ2v) is 6.42. The van der Waals surface area contributed by atoms with Crippen LogP contribution in [0.3, 0.4) is 0 Å². The summed E-state index contributed by atoms with van der Waals surface area (Å²) in [5.74, 6) is 0.998. The number of imide groups is 1. The molecule has 0 aliphatic carbocycles. The third kappa shape index (κ3) is 1.96. The van der Waals surface area contributed by atoms with Gasteiger partial charge in [-0.05, 0) is 27.2 Å². The summed E-state index contributed by atoms with van der Waals surface area (Å²) in [6.07, 6.45) is 2.53. The Morgan fingerprint density at radius 1 is 1.38 bits per heavy atom. The van der Waals surface area contributed by atoms with Crippen molar-refractivity contribution in [3.63, 3.8) is 0 Å². The predicted octanol–water partition coefficient (Wildman–Crippen LogP) is 2.03. The van der Waals surface area contributed by atoms with Crippen molar-refractivity contribution in [2.24, 2.45) is 4.99 Å². The molecular formula is C17H24N5O2+. The number of aliphatic imine (C=N–C) groups is 1. The molecule has 3 heterocycles. The Hall–Kier alpha value is -2.44. The lowest BCUT2D eigenvalue weighted by Crippen LogP contribution is -2.63. The normalized spacial score (nSPS) is 20.9. The Morgan fingerprint density at radius 3 is 2.62 bits per heavy atom. The zero-order chi connectivity index (χ0) is 17.8. The van der Waals surface area contributed by atoms with Gasteiger partial charge in [-0.3, -0.25) is 14.6 Å². The number of fused-ring (bicyclic) bond motifs is 3. The summed E-state index contributed by atoms with van der Waals surface area (Å²) in [7, 11) is 1.67. The van der Waals surface area contributed by atoms with E-state index in [1.54, 1.807) is 13.1 Å². The number of aromatic nitrogens is 2. The van der Waals surface area contributed by atoms with Crippen molar-refractivity contribution < 1.29 is 14.2 Å². The molecule has 2 unspecified atom stereocenters. The van der Waals surface area contributed by atoms with Gasteiger partial charge in [0.25, 0.3) is 5.91 Å². The van der Waals surface area contributed by atoms with Gasteiger partial charge in [0.05, 0.1) is 6.04 Å². The Morgan fingerprint density at radius 2 is 2.04 bits per heavy atom. The summed E-state index contributed by atoms with van der Waals surface area (Å²) < 4.78 is 4.11. The minimum Gasteiger partial charge on any atom is -0.270 e. The molecule has 3 rings (SSSR count). The SMILES string of the molecule is C=CCN1C(=O)C2C(=Nc3n(C(C)CC)c(C)c(C)[n+]32)N(C)C1=O. The van der Waals surface area contributed by atoms with Crippen LogP contribution in [0.15, 0.2) is 17.6 Å². The fourth-order valence-electron chi connectivity index (χ4n) is 3.47. The molecule has 0 aromatic carbocycles. The highest BCUT2D eigenvalue weighted by molar-refractivity contribution is 6.19. The Balaban J connectivity index is 2.19. The molecule has 7 nitrogen and oxygen atoms in total. The Kier molecular flexibility index (Phi) is 3.81. The summed E-state index contributed by atoms with van der Waals surface area (Å²) in [5.41, 5.74) is 2.11. The first-order valence-corrected chi connectivity index (χ1v) is 8.26. The number of urea groups is 1. The molecule has 2 aliphatic rings. The smallest absolute Gasteiger partial charge is 0.270 e. The molecule has 1 aromatic heterocycles. The molecule has 128 valence electrons. The summed E-state index contributed by atoms with van der Waals surface area (Å²) in [4.78, 5) is 32.8. The zero-order valence-electron chi connectivity index (χ0n) is 14.9. The maximum atomic E-state index is 12.9. The quantitative estimate of drug-likeness (QED) is 0.626. The number of amides is 3. The fraction of sp³-hybridized carbons (Fsp3) is 0.529. The molecule has 2 aliphatic heterocycles. The lowest BCUT2D eigenvalue weighted by Gasteiger charge is -2.32. The molecular weight excluding hydrogens is 306 g/mol. The van der Waals surface area contributed by atoms with E-state index in [1.807, 2.05) is 18.4 Å². The molecule has 0 radical (unpaired) electrons. The summed E-state index contributed by atoms with van der Waals surface area (Å²) in [6, 6.07) is -0.665. The van der Waals surface area contributed by atoms with Crippen LogP contribution < -0.4 is 4.57 Å². The van der Waals surface area contributed by atoms with Crippen LogP contribution in [-0.4, -0.2) is 45.7 Å². The third-order valence-corrected chi connectivity index (χ3v) is 5.10. The van der Waals surface area contributed by atoms with E-state index in [4.69, 9.17) is 0 Å². The van der Waals surface area contributed by atoms with Gasteiger partial charge in [0.2, 0.25) is 11.9 Å². The van der Waals surface area contributed by atoms with Gasteiger partial charge < -0.3 is 0 Å². The van der Waals surface area contributed by atoms with E-state index in [2.05, 4.69) is 30.0 Å². The first-order chi connectivity index (χ1) is 11.3. The topological polar surface area (TPSA) is 61.8 Å². The highest BCUT2D eigenvalue weighted by Gasteiger charge is 2.54. The minimum absolute atomic E-state index is 0.200. The molecule has 1 saturated heterocycles. The molecule has 24 heavy (non-hydrogen) atoms. The molecule has 1 aromatic rings. The highest BCUT2D eigenvalue weighted by Crippen LogP contribution is 2.33. The van der Waals surface area contributed by atoms with Gasteiger partial charge in [-0.15, -0.1) is 6.58 Å². The zero-order valence-corrected chi connectivity index (χ0v) is 14.9. The summed E-state index contributed by atoms with van der Waals surface area (Å²) >= 11 is 0. The van der Waals surface area contributed by atoms with E-state index in [9.17, 15) is 9.59 Å². The van der Waals surface area contributed by atoms with Gasteiger partial charge in [-0.2, -0.15) is 0 Å². The number of hydrogen-bond donors (Lipinski definition) is 0. The van der Waals surface area contributed by atoms with E-state index in [1.165, 1.54) is 9.80 Å². The van der Waals surface area contributed by atoms with E-state index in [0.29, 0.717) is 5.84 Å². The Bertz CT molecular complexity index is 776. The van der Waals surface area contributed by atoms with Crippen molar-refractivity contribution in [1.82, 2.24) is 14.4 Å². The molecule has 3 amide bonds. The van der Waals surface area contributed by atoms with Crippen molar-refractivity contribution in [2.45, 2.75) is 46.2 Å². The number of carbonyl (C=O) groups excluding carboxylic acids is 2. The number of amidine groups is 1. The van der Waals surface area contributed by atoms with Gasteiger partial charge in [0.1, 0.15) is 11.4 Å². The second kappa shape index (κ2) is 5.58. The number of hydrogen-bond acceptors (Lipinski definition) is 3. The van der Waals surface area contributed by atoms with Crippen molar-refractivity contribution in [2.75, 3.05) is 13.6 Å². The van der Waals surface area contributed by atoms with Crippen LogP contribution in [0.5, 0.6) is 0 Å². The molecule has 0 N–H and O–H groups in total. The lowest BCUT2D eigenvalue weighted by atomic mass is 10.1. The van der Waals surface area contributed by atoms with Crippen molar-refractivity contribution >= 4 is 23.7 Å². The van der Waals surface area contributed by atoms with Crippen LogP contribution in [0.1, 0.15) is 43.7 Å². The third-order valence-electron chi connectivity index (χ3n) is 5.10. The lowest BCUT2D eigenvalue weighted by molar-refractivity contribution is -0.683. The summed E-state index contributed by atoms with van der Waals surface area (Å²) in [6.45, 7) is 12.1. The van der Waals surface area contributed by atoms with E-state index >= 15 is 0 Å². The van der Waals surface area contributed by atoms with Gasteiger partial charge in [-0.1, -0.05) is 18.0 Å².